The summed E-state index contributed by atoms with van der Waals surface area (Å²) < 4.78 is 40.4. The lowest BCUT2D eigenvalue weighted by Crippen LogP contribution is -2.62. The average Bonchev–Trinajstić information content (AvgIpc) is 2.82. The molecule has 2 aliphatic heterocycles. The van der Waals surface area contributed by atoms with Crippen LogP contribution < -0.4 is 10.2 Å². The van der Waals surface area contributed by atoms with Gasteiger partial charge in [0.1, 0.15) is 17.2 Å². The molecule has 0 radical (unpaired) electrons. The molecule has 0 spiro atoms. The smallest absolute Gasteiger partial charge is 0.374 e. The highest BCUT2D eigenvalue weighted by Crippen LogP contribution is 2.39. The SMILES string of the molecule is CNC(O)c1ccc(N2CCC(CC3CCN(C(=O)C(O)(C(C)C)C(F)(F)F)CC3)CC2)nc1Cl. The predicted molar refractivity (Wildman–Crippen MR) is 128 cm³/mol. The zero-order valence-electron chi connectivity index (χ0n) is 20.5. The van der Waals surface area contributed by atoms with E-state index in [4.69, 9.17) is 11.6 Å². The minimum Gasteiger partial charge on any atom is -0.374 e. The van der Waals surface area contributed by atoms with Crippen molar-refractivity contribution in [3.63, 3.8) is 0 Å². The fraction of sp³-hybridized carbons (Fsp3) is 0.750. The first kappa shape index (κ1) is 28.0. The van der Waals surface area contributed by atoms with E-state index in [1.165, 1.54) is 18.7 Å². The first-order valence-electron chi connectivity index (χ1n) is 12.2. The van der Waals surface area contributed by atoms with Crippen LogP contribution in [0.1, 0.15) is 57.7 Å². The molecule has 2 unspecified atom stereocenters. The van der Waals surface area contributed by atoms with Crippen molar-refractivity contribution in [2.24, 2.45) is 17.8 Å². The summed E-state index contributed by atoms with van der Waals surface area (Å²) in [6.07, 6.45) is -1.67. The van der Waals surface area contributed by atoms with Gasteiger partial charge in [0.25, 0.3) is 5.91 Å². The number of aliphatic hydroxyl groups is 2. The molecule has 2 atom stereocenters. The summed E-state index contributed by atoms with van der Waals surface area (Å²) in [4.78, 5) is 20.4. The van der Waals surface area contributed by atoms with E-state index in [0.29, 0.717) is 30.2 Å². The van der Waals surface area contributed by atoms with Crippen LogP contribution in [0.2, 0.25) is 5.15 Å². The quantitative estimate of drug-likeness (QED) is 0.375. The number of nitrogens with zero attached hydrogens (tertiary/aromatic N) is 3. The predicted octanol–water partition coefficient (Wildman–Crippen LogP) is 3.74. The van der Waals surface area contributed by atoms with Crippen LogP contribution >= 0.6 is 11.6 Å². The van der Waals surface area contributed by atoms with Crippen LogP contribution in [0, 0.1) is 17.8 Å². The average molecular weight is 521 g/mol. The molecule has 35 heavy (non-hydrogen) atoms. The molecule has 0 aromatic carbocycles. The minimum absolute atomic E-state index is 0.237. The molecule has 0 saturated carbocycles. The summed E-state index contributed by atoms with van der Waals surface area (Å²) in [7, 11) is 1.63. The third-order valence-electron chi connectivity index (χ3n) is 7.53. The summed E-state index contributed by atoms with van der Waals surface area (Å²) in [6, 6.07) is 3.63. The largest absolute Gasteiger partial charge is 0.426 e. The van der Waals surface area contributed by atoms with Crippen molar-refractivity contribution >= 4 is 23.3 Å². The van der Waals surface area contributed by atoms with Crippen LogP contribution in [-0.4, -0.2) is 71.0 Å². The maximum Gasteiger partial charge on any atom is 0.426 e. The Kier molecular flexibility index (Phi) is 8.94. The fourth-order valence-corrected chi connectivity index (χ4v) is 5.40. The fourth-order valence-electron chi connectivity index (χ4n) is 5.15. The van der Waals surface area contributed by atoms with Crippen molar-refractivity contribution in [3.8, 4) is 0 Å². The van der Waals surface area contributed by atoms with E-state index in [1.54, 1.807) is 13.1 Å². The summed E-state index contributed by atoms with van der Waals surface area (Å²) >= 11 is 6.24. The number of aromatic nitrogens is 1. The van der Waals surface area contributed by atoms with Crippen LogP contribution in [0.25, 0.3) is 0 Å². The number of aliphatic hydroxyl groups excluding tert-OH is 1. The molecule has 2 aliphatic rings. The lowest BCUT2D eigenvalue weighted by atomic mass is 9.82. The van der Waals surface area contributed by atoms with E-state index in [0.717, 1.165) is 38.2 Å². The Labute approximate surface area is 209 Å². The van der Waals surface area contributed by atoms with Gasteiger partial charge >= 0.3 is 6.18 Å². The summed E-state index contributed by atoms with van der Waals surface area (Å²) in [5.74, 6) is -0.863. The second-order valence-electron chi connectivity index (χ2n) is 10.1. The standard InChI is InChI=1S/C24H36ClF3N4O3/c1-15(2)23(35,24(26,27)28)22(34)32-12-8-17(9-13-32)14-16-6-10-31(11-7-16)19-5-4-18(20(25)30-19)21(33)29-3/h4-5,15-17,21,29,33,35H,6-14H2,1-3H3. The van der Waals surface area contributed by atoms with Crippen LogP contribution in [0.5, 0.6) is 0 Å². The number of rotatable bonds is 7. The molecule has 198 valence electrons. The molecule has 7 nitrogen and oxygen atoms in total. The zero-order chi connectivity index (χ0) is 26.0. The van der Waals surface area contributed by atoms with E-state index in [-0.39, 0.29) is 18.2 Å². The van der Waals surface area contributed by atoms with Crippen LogP contribution in [-0.2, 0) is 4.79 Å². The Balaban J connectivity index is 1.49. The molecule has 11 heteroatoms. The van der Waals surface area contributed by atoms with Gasteiger partial charge in [-0.25, -0.2) is 4.98 Å². The highest BCUT2D eigenvalue weighted by Gasteiger charge is 2.62. The van der Waals surface area contributed by atoms with Crippen molar-refractivity contribution in [1.82, 2.24) is 15.2 Å². The van der Waals surface area contributed by atoms with Gasteiger partial charge in [0.05, 0.1) is 0 Å². The van der Waals surface area contributed by atoms with Gasteiger partial charge in [-0.1, -0.05) is 25.4 Å². The molecular formula is C24H36ClF3N4O3. The van der Waals surface area contributed by atoms with Gasteiger partial charge in [-0.05, 0) is 63.1 Å². The Hall–Kier alpha value is -1.62. The molecule has 3 heterocycles. The molecule has 0 bridgehead atoms. The lowest BCUT2D eigenvalue weighted by molar-refractivity contribution is -0.269. The second-order valence-corrected chi connectivity index (χ2v) is 10.4. The Morgan fingerprint density at radius 3 is 2.14 bits per heavy atom. The van der Waals surface area contributed by atoms with Crippen molar-refractivity contribution in [2.75, 3.05) is 38.1 Å². The normalized spacial score (nSPS) is 21.3. The number of nitrogens with one attached hydrogen (secondary N) is 1. The number of carbonyl (C=O) groups is 1. The van der Waals surface area contributed by atoms with Crippen molar-refractivity contribution in [2.45, 2.75) is 64.0 Å². The highest BCUT2D eigenvalue weighted by molar-refractivity contribution is 6.30. The monoisotopic (exact) mass is 520 g/mol. The maximum absolute atomic E-state index is 13.5. The first-order chi connectivity index (χ1) is 16.4. The van der Waals surface area contributed by atoms with Gasteiger partial charge in [0.2, 0.25) is 5.60 Å². The van der Waals surface area contributed by atoms with Crippen molar-refractivity contribution in [1.29, 1.82) is 0 Å². The Morgan fingerprint density at radius 2 is 1.69 bits per heavy atom. The molecule has 2 fully saturated rings. The Bertz CT molecular complexity index is 872. The van der Waals surface area contributed by atoms with Gasteiger partial charge in [-0.15, -0.1) is 0 Å². The van der Waals surface area contributed by atoms with Crippen molar-refractivity contribution < 1.29 is 28.2 Å². The number of amides is 1. The second kappa shape index (κ2) is 11.2. The number of halogens is 4. The van der Waals surface area contributed by atoms with E-state index in [1.807, 2.05) is 6.07 Å². The molecule has 3 N–H and O–H groups in total. The zero-order valence-corrected chi connectivity index (χ0v) is 21.2. The number of likely N-dealkylation sites (tertiary alicyclic amines) is 1. The number of alkyl halides is 3. The minimum atomic E-state index is -5.00. The Morgan fingerprint density at radius 1 is 1.14 bits per heavy atom. The maximum atomic E-state index is 13.5. The molecule has 1 amide bonds. The molecule has 1 aromatic heterocycles. The molecule has 3 rings (SSSR count). The summed E-state index contributed by atoms with van der Waals surface area (Å²) in [5, 5.41) is 23.1. The van der Waals surface area contributed by atoms with E-state index >= 15 is 0 Å². The third kappa shape index (κ3) is 6.03. The molecule has 1 aromatic rings. The lowest BCUT2D eigenvalue weighted by Gasteiger charge is -2.41. The number of hydrogen-bond acceptors (Lipinski definition) is 6. The van der Waals surface area contributed by atoms with Crippen LogP contribution in [0.15, 0.2) is 12.1 Å². The van der Waals surface area contributed by atoms with Crippen molar-refractivity contribution in [3.05, 3.63) is 22.8 Å². The third-order valence-corrected chi connectivity index (χ3v) is 7.83. The number of piperidine rings is 2. The van der Waals surface area contributed by atoms with Crippen LogP contribution in [0.3, 0.4) is 0 Å². The molecular weight excluding hydrogens is 485 g/mol. The summed E-state index contributed by atoms with van der Waals surface area (Å²) in [6.45, 7) is 4.56. The van der Waals surface area contributed by atoms with Gasteiger partial charge < -0.3 is 20.0 Å². The number of anilines is 1. The first-order valence-corrected chi connectivity index (χ1v) is 12.6. The van der Waals surface area contributed by atoms with Crippen LogP contribution in [0.4, 0.5) is 19.0 Å². The number of carbonyl (C=O) groups excluding carboxylic acids is 1. The molecule has 0 aliphatic carbocycles. The topological polar surface area (TPSA) is 88.9 Å². The van der Waals surface area contributed by atoms with E-state index in [2.05, 4.69) is 15.2 Å². The highest BCUT2D eigenvalue weighted by atomic mass is 35.5. The summed E-state index contributed by atoms with van der Waals surface area (Å²) in [5.41, 5.74) is -2.81. The van der Waals surface area contributed by atoms with E-state index in [9.17, 15) is 28.2 Å². The van der Waals surface area contributed by atoms with Gasteiger partial charge in [-0.2, -0.15) is 13.2 Å². The van der Waals surface area contributed by atoms with Gasteiger partial charge in [0.15, 0.2) is 0 Å². The van der Waals surface area contributed by atoms with Gasteiger partial charge in [-0.3, -0.25) is 10.1 Å². The van der Waals surface area contributed by atoms with E-state index < -0.39 is 29.8 Å². The van der Waals surface area contributed by atoms with Gasteiger partial charge in [0, 0.05) is 37.7 Å². The number of pyridine rings is 1. The number of hydrogen-bond donors (Lipinski definition) is 3. The molecule has 2 saturated heterocycles.